The number of fused-ring (bicyclic) bond motifs is 1. The third-order valence-electron chi connectivity index (χ3n) is 5.70. The predicted octanol–water partition coefficient (Wildman–Crippen LogP) is 7.59. The molecule has 1 heterocycles. The topological polar surface area (TPSA) is 12.9 Å². The summed E-state index contributed by atoms with van der Waals surface area (Å²) in [7, 11) is 0. The zero-order valence-electron chi connectivity index (χ0n) is 17.8. The van der Waals surface area contributed by atoms with E-state index >= 15 is 4.39 Å². The summed E-state index contributed by atoms with van der Waals surface area (Å²) < 4.78 is 55.0. The lowest BCUT2D eigenvalue weighted by molar-refractivity contribution is 0.445. The molecule has 4 aromatic rings. The van der Waals surface area contributed by atoms with Crippen molar-refractivity contribution >= 4 is 10.8 Å². The van der Waals surface area contributed by atoms with Gasteiger partial charge in [-0.1, -0.05) is 43.7 Å². The van der Waals surface area contributed by atoms with Crippen molar-refractivity contribution in [2.45, 2.75) is 39.0 Å². The molecule has 32 heavy (non-hydrogen) atoms. The zero-order chi connectivity index (χ0) is 22.7. The highest BCUT2D eigenvalue weighted by Crippen LogP contribution is 2.28. The van der Waals surface area contributed by atoms with Crippen LogP contribution >= 0.6 is 0 Å². The molecule has 0 N–H and O–H groups in total. The zero-order valence-corrected chi connectivity index (χ0v) is 17.8. The van der Waals surface area contributed by atoms with E-state index in [2.05, 4.69) is 18.0 Å². The Kier molecular flexibility index (Phi) is 6.54. The summed E-state index contributed by atoms with van der Waals surface area (Å²) in [6, 6.07) is 14.9. The first-order valence-corrected chi connectivity index (χ1v) is 10.8. The lowest BCUT2D eigenvalue weighted by atomic mass is 9.98. The van der Waals surface area contributed by atoms with Gasteiger partial charge in [-0.05, 0) is 72.0 Å². The molecule has 3 aromatic carbocycles. The minimum atomic E-state index is -1.49. The van der Waals surface area contributed by atoms with Crippen LogP contribution in [0.1, 0.15) is 36.5 Å². The van der Waals surface area contributed by atoms with Crippen molar-refractivity contribution in [3.05, 3.63) is 101 Å². The van der Waals surface area contributed by atoms with Crippen LogP contribution in [0.15, 0.2) is 60.8 Å². The van der Waals surface area contributed by atoms with E-state index < -0.39 is 17.5 Å². The van der Waals surface area contributed by atoms with Crippen LogP contribution in [0, 0.1) is 23.3 Å². The Morgan fingerprint density at radius 3 is 2.19 bits per heavy atom. The molecule has 0 radical (unpaired) electrons. The maximum Gasteiger partial charge on any atom is 0.194 e. The molecule has 1 aromatic heterocycles. The molecule has 0 aliphatic carbocycles. The van der Waals surface area contributed by atoms with Gasteiger partial charge in [-0.3, -0.25) is 4.98 Å². The molecule has 0 bridgehead atoms. The summed E-state index contributed by atoms with van der Waals surface area (Å²) in [6.07, 6.45) is 5.60. The van der Waals surface area contributed by atoms with Crippen LogP contribution in [0.2, 0.25) is 0 Å². The van der Waals surface area contributed by atoms with Gasteiger partial charge in [0.2, 0.25) is 0 Å². The van der Waals surface area contributed by atoms with Gasteiger partial charge in [-0.15, -0.1) is 0 Å². The Labute approximate surface area is 184 Å². The molecule has 0 aliphatic heterocycles. The van der Waals surface area contributed by atoms with Crippen LogP contribution in [0.4, 0.5) is 17.6 Å². The number of hydrogen-bond acceptors (Lipinski definition) is 1. The number of pyridine rings is 1. The lowest BCUT2D eigenvalue weighted by Crippen LogP contribution is -1.99. The van der Waals surface area contributed by atoms with E-state index in [0.29, 0.717) is 10.9 Å². The van der Waals surface area contributed by atoms with Crippen LogP contribution in [0.3, 0.4) is 0 Å². The number of rotatable bonds is 7. The molecule has 0 spiro atoms. The van der Waals surface area contributed by atoms with E-state index in [-0.39, 0.29) is 24.2 Å². The van der Waals surface area contributed by atoms with Gasteiger partial charge in [0.1, 0.15) is 5.82 Å². The third kappa shape index (κ3) is 4.67. The monoisotopic (exact) mass is 437 g/mol. The number of aromatic nitrogens is 1. The number of benzene rings is 3. The molecule has 0 atom stereocenters. The van der Waals surface area contributed by atoms with Crippen LogP contribution in [-0.2, 0) is 19.3 Å². The van der Waals surface area contributed by atoms with Gasteiger partial charge in [0.05, 0.1) is 5.69 Å². The first kappa shape index (κ1) is 22.0. The molecule has 0 unspecified atom stereocenters. The average molecular weight is 437 g/mol. The van der Waals surface area contributed by atoms with Crippen molar-refractivity contribution in [3.63, 3.8) is 0 Å². The van der Waals surface area contributed by atoms with Crippen LogP contribution in [0.25, 0.3) is 22.0 Å². The fourth-order valence-corrected chi connectivity index (χ4v) is 3.84. The van der Waals surface area contributed by atoms with Crippen LogP contribution in [0.5, 0.6) is 0 Å². The van der Waals surface area contributed by atoms with E-state index in [1.165, 1.54) is 5.56 Å². The van der Waals surface area contributed by atoms with Crippen molar-refractivity contribution in [1.29, 1.82) is 0 Å². The molecule has 0 aliphatic rings. The summed E-state index contributed by atoms with van der Waals surface area (Å²) >= 11 is 0. The third-order valence-corrected chi connectivity index (χ3v) is 5.70. The van der Waals surface area contributed by atoms with Crippen LogP contribution in [-0.4, -0.2) is 4.98 Å². The highest BCUT2D eigenvalue weighted by Gasteiger charge is 2.13. The molecule has 5 heteroatoms. The highest BCUT2D eigenvalue weighted by atomic mass is 19.2. The Morgan fingerprint density at radius 2 is 1.50 bits per heavy atom. The summed E-state index contributed by atoms with van der Waals surface area (Å²) in [5, 5.41) is 1.22. The van der Waals surface area contributed by atoms with E-state index in [4.69, 9.17) is 0 Å². The standard InChI is InChI=1S/C27H23F4N/c1-2-3-4-17-6-12-25(32-16-17)21-10-11-22-20(15-21)9-8-19(26(22)30)7-5-18-13-23(28)27(31)24(29)14-18/h6,8-16H,2-5,7H2,1H3. The first-order valence-electron chi connectivity index (χ1n) is 10.8. The fraction of sp³-hybridized carbons (Fsp3) is 0.222. The number of unbranched alkanes of at least 4 members (excludes halogenated alkanes) is 1. The first-order chi connectivity index (χ1) is 15.5. The van der Waals surface area contributed by atoms with Gasteiger partial charge in [0.25, 0.3) is 0 Å². The largest absolute Gasteiger partial charge is 0.256 e. The maximum absolute atomic E-state index is 15.1. The molecule has 4 rings (SSSR count). The van der Waals surface area contributed by atoms with E-state index in [9.17, 15) is 13.2 Å². The molecule has 0 saturated carbocycles. The normalized spacial score (nSPS) is 11.3. The summed E-state index contributed by atoms with van der Waals surface area (Å²) in [5.41, 5.74) is 3.66. The lowest BCUT2D eigenvalue weighted by Gasteiger charge is -2.09. The summed E-state index contributed by atoms with van der Waals surface area (Å²) in [5.74, 6) is -4.33. The van der Waals surface area contributed by atoms with E-state index in [1.54, 1.807) is 12.1 Å². The Morgan fingerprint density at radius 1 is 0.719 bits per heavy atom. The smallest absolute Gasteiger partial charge is 0.194 e. The van der Waals surface area contributed by atoms with Gasteiger partial charge in [0, 0.05) is 17.1 Å². The summed E-state index contributed by atoms with van der Waals surface area (Å²) in [6.45, 7) is 2.16. The van der Waals surface area contributed by atoms with E-state index in [1.807, 2.05) is 30.5 Å². The number of aryl methyl sites for hydroxylation is 3. The Bertz CT molecular complexity index is 1230. The Balaban J connectivity index is 1.54. The fourth-order valence-electron chi connectivity index (χ4n) is 3.84. The van der Waals surface area contributed by atoms with Crippen molar-refractivity contribution < 1.29 is 17.6 Å². The van der Waals surface area contributed by atoms with Crippen molar-refractivity contribution in [1.82, 2.24) is 4.98 Å². The molecule has 0 amide bonds. The van der Waals surface area contributed by atoms with Gasteiger partial charge in [0.15, 0.2) is 17.5 Å². The van der Waals surface area contributed by atoms with Crippen molar-refractivity contribution in [2.75, 3.05) is 0 Å². The minimum absolute atomic E-state index is 0.197. The summed E-state index contributed by atoms with van der Waals surface area (Å²) in [4.78, 5) is 4.55. The SMILES string of the molecule is CCCCc1ccc(-c2ccc3c(F)c(CCc4cc(F)c(F)c(F)c4)ccc3c2)nc1. The quantitative estimate of drug-likeness (QED) is 0.214. The second-order valence-corrected chi connectivity index (χ2v) is 8.00. The molecule has 0 fully saturated rings. The minimum Gasteiger partial charge on any atom is -0.256 e. The predicted molar refractivity (Wildman–Crippen MR) is 119 cm³/mol. The molecular weight excluding hydrogens is 414 g/mol. The second-order valence-electron chi connectivity index (χ2n) is 8.00. The average Bonchev–Trinajstić information content (AvgIpc) is 2.81. The molecule has 1 nitrogen and oxygen atoms in total. The molecular formula is C27H23F4N. The van der Waals surface area contributed by atoms with Gasteiger partial charge < -0.3 is 0 Å². The number of nitrogens with zero attached hydrogens (tertiary/aromatic N) is 1. The molecule has 0 saturated heterocycles. The van der Waals surface area contributed by atoms with Crippen molar-refractivity contribution in [3.8, 4) is 11.3 Å². The van der Waals surface area contributed by atoms with Gasteiger partial charge >= 0.3 is 0 Å². The number of hydrogen-bond donors (Lipinski definition) is 0. The van der Waals surface area contributed by atoms with Crippen LogP contribution < -0.4 is 0 Å². The maximum atomic E-state index is 15.1. The Hall–Kier alpha value is -3.21. The van der Waals surface area contributed by atoms with E-state index in [0.717, 1.165) is 48.0 Å². The molecule has 164 valence electrons. The number of halogens is 4. The van der Waals surface area contributed by atoms with Gasteiger partial charge in [-0.25, -0.2) is 17.6 Å². The highest BCUT2D eigenvalue weighted by molar-refractivity contribution is 5.88. The van der Waals surface area contributed by atoms with Crippen molar-refractivity contribution in [2.24, 2.45) is 0 Å². The van der Waals surface area contributed by atoms with Gasteiger partial charge in [-0.2, -0.15) is 0 Å². The second kappa shape index (κ2) is 9.51.